The molecule has 1 aliphatic rings. The minimum atomic E-state index is -8.23. The third-order valence-electron chi connectivity index (χ3n) is 3.12. The minimum Gasteiger partial charge on any atom is -0.192 e. The van der Waals surface area contributed by atoms with Crippen LogP contribution in [0.1, 0.15) is 0 Å². The molecule has 26 heavy (non-hydrogen) atoms. The molecule has 1 saturated heterocycles. The molecule has 0 saturated carbocycles. The van der Waals surface area contributed by atoms with E-state index in [9.17, 15) is 74.6 Å². The average Bonchev–Trinajstić information content (AvgIpc) is 2.34. The summed E-state index contributed by atoms with van der Waals surface area (Å²) in [6.45, 7) is 0. The maximum Gasteiger partial charge on any atom is 0.469 e. The quantitative estimate of drug-likeness (QED) is 0.407. The summed E-state index contributed by atoms with van der Waals surface area (Å²) in [5.41, 5.74) is 0. The van der Waals surface area contributed by atoms with Crippen molar-refractivity contribution in [3.63, 3.8) is 0 Å². The van der Waals surface area contributed by atoms with E-state index in [0.717, 1.165) is 0 Å². The predicted molar refractivity (Wildman–Crippen MR) is 42.5 cm³/mol. The summed E-state index contributed by atoms with van der Waals surface area (Å²) in [5, 5.41) is 0. The minimum absolute atomic E-state index is 4.68. The van der Waals surface area contributed by atoms with Gasteiger partial charge in [-0.3, -0.25) is 0 Å². The lowest BCUT2D eigenvalue weighted by molar-refractivity contribution is -0.482. The fourth-order valence-corrected chi connectivity index (χ4v) is 1.71. The molecule has 1 nitrogen and oxygen atoms in total. The predicted octanol–water partition coefficient (Wildman–Crippen LogP) is 5.18. The zero-order chi connectivity index (χ0) is 21.6. The Hall–Kier alpha value is -1.23. The SMILES string of the molecule is FC(F)(F)C(F)(F)N1C(F)(F)C(F)(F)C(F)(F)C(F)(F)C(F)(F)C1(F)F. The zero-order valence-electron chi connectivity index (χ0n) is 10.9. The summed E-state index contributed by atoms with van der Waals surface area (Å²) in [7, 11) is 0. The molecule has 0 atom stereocenters. The van der Waals surface area contributed by atoms with Crippen molar-refractivity contribution in [2.75, 3.05) is 0 Å². The van der Waals surface area contributed by atoms with Crippen LogP contribution in [0.5, 0.6) is 0 Å². The molecule has 1 fully saturated rings. The van der Waals surface area contributed by atoms with Gasteiger partial charge in [0.15, 0.2) is 0 Å². The van der Waals surface area contributed by atoms with Crippen LogP contribution in [-0.4, -0.2) is 52.9 Å². The third kappa shape index (κ3) is 2.15. The van der Waals surface area contributed by atoms with Gasteiger partial charge in [-0.15, -0.1) is 4.90 Å². The van der Waals surface area contributed by atoms with Gasteiger partial charge in [-0.05, 0) is 0 Å². The van der Waals surface area contributed by atoms with Crippen molar-refractivity contribution in [1.29, 1.82) is 0 Å². The van der Waals surface area contributed by atoms with Gasteiger partial charge in [0.1, 0.15) is 0 Å². The second kappa shape index (κ2) is 4.98. The van der Waals surface area contributed by atoms with E-state index >= 15 is 0 Å². The van der Waals surface area contributed by atoms with E-state index in [4.69, 9.17) is 0 Å². The highest BCUT2D eigenvalue weighted by molar-refractivity contribution is 5.17. The number of hydrogen-bond acceptors (Lipinski definition) is 1. The van der Waals surface area contributed by atoms with E-state index in [1.165, 1.54) is 0 Å². The molecule has 1 heterocycles. The summed E-state index contributed by atoms with van der Waals surface area (Å²) in [6.07, 6.45) is -7.78. The molecule has 0 amide bonds. The summed E-state index contributed by atoms with van der Waals surface area (Å²) in [4.78, 5) is -4.68. The first kappa shape index (κ1) is 22.8. The van der Waals surface area contributed by atoms with Crippen LogP contribution in [0.3, 0.4) is 0 Å². The number of alkyl halides is 17. The fraction of sp³-hybridized carbons (Fsp3) is 1.00. The van der Waals surface area contributed by atoms with Gasteiger partial charge in [-0.2, -0.15) is 74.6 Å². The zero-order valence-corrected chi connectivity index (χ0v) is 10.9. The molecule has 0 radical (unpaired) electrons. The molecule has 18 heteroatoms. The Balaban J connectivity index is 4.10. The lowest BCUT2D eigenvalue weighted by Crippen LogP contribution is -2.73. The van der Waals surface area contributed by atoms with Gasteiger partial charge in [0.05, 0.1) is 0 Å². The van der Waals surface area contributed by atoms with Gasteiger partial charge in [-0.1, -0.05) is 0 Å². The summed E-state index contributed by atoms with van der Waals surface area (Å²) in [5.74, 6) is -32.8. The van der Waals surface area contributed by atoms with Crippen LogP contribution in [0.4, 0.5) is 74.6 Å². The molecule has 0 aromatic rings. The summed E-state index contributed by atoms with van der Waals surface area (Å²) in [6, 6.07) is -24.5. The third-order valence-corrected chi connectivity index (χ3v) is 3.12. The van der Waals surface area contributed by atoms with Gasteiger partial charge in [0.25, 0.3) is 0 Å². The number of halogens is 17. The van der Waals surface area contributed by atoms with Crippen LogP contribution in [0, 0.1) is 0 Å². The highest BCUT2D eigenvalue weighted by atomic mass is 19.4. The maximum absolute atomic E-state index is 13.2. The molecule has 0 unspecified atom stereocenters. The fourth-order valence-electron chi connectivity index (χ4n) is 1.71. The standard InChI is InChI=1S/C8F17N/c9-1(10)2(11,12)4(15,16)7(22,23)26(6(20,21)3(1,13)14)8(24,25)5(17,18)19. The van der Waals surface area contributed by atoms with E-state index in [0.29, 0.717) is 0 Å². The van der Waals surface area contributed by atoms with Crippen molar-refractivity contribution >= 4 is 0 Å². The smallest absolute Gasteiger partial charge is 0.192 e. The molecule has 0 N–H and O–H groups in total. The molecule has 1 rings (SSSR count). The van der Waals surface area contributed by atoms with Crippen molar-refractivity contribution in [1.82, 2.24) is 4.90 Å². The Morgan fingerprint density at radius 3 is 0.846 bits per heavy atom. The Kier molecular flexibility index (Phi) is 4.36. The molecule has 0 aromatic heterocycles. The van der Waals surface area contributed by atoms with Gasteiger partial charge in [0.2, 0.25) is 0 Å². The molecular weight excluding hydrogens is 433 g/mol. The van der Waals surface area contributed by atoms with Crippen molar-refractivity contribution in [2.24, 2.45) is 0 Å². The maximum atomic E-state index is 13.2. The Morgan fingerprint density at radius 2 is 0.654 bits per heavy atom. The van der Waals surface area contributed by atoms with Crippen LogP contribution in [0.25, 0.3) is 0 Å². The topological polar surface area (TPSA) is 3.24 Å². The van der Waals surface area contributed by atoms with Gasteiger partial charge >= 0.3 is 48.0 Å². The van der Waals surface area contributed by atoms with Crippen LogP contribution in [-0.2, 0) is 0 Å². The molecule has 156 valence electrons. The number of rotatable bonds is 1. The first-order chi connectivity index (χ1) is 10.9. The molecule has 0 bridgehead atoms. The lowest BCUT2D eigenvalue weighted by Gasteiger charge is -2.42. The van der Waals surface area contributed by atoms with Crippen LogP contribution < -0.4 is 0 Å². The highest BCUT2D eigenvalue weighted by Crippen LogP contribution is 2.68. The van der Waals surface area contributed by atoms with E-state index in [1.54, 1.807) is 0 Å². The number of likely N-dealkylation sites (tertiary alicyclic amines) is 1. The average molecular weight is 433 g/mol. The molecule has 1 aliphatic heterocycles. The van der Waals surface area contributed by atoms with Gasteiger partial charge < -0.3 is 0 Å². The molecule has 0 aromatic carbocycles. The van der Waals surface area contributed by atoms with Crippen molar-refractivity contribution in [3.05, 3.63) is 0 Å². The molecular formula is C8F17N. The van der Waals surface area contributed by atoms with Crippen molar-refractivity contribution < 1.29 is 74.6 Å². The van der Waals surface area contributed by atoms with Crippen molar-refractivity contribution in [2.45, 2.75) is 48.0 Å². The first-order valence-electron chi connectivity index (χ1n) is 5.38. The highest BCUT2D eigenvalue weighted by Gasteiger charge is 2.99. The normalized spacial score (nSPS) is 29.9. The lowest BCUT2D eigenvalue weighted by atomic mass is 9.99. The Bertz CT molecular complexity index is 532. The first-order valence-corrected chi connectivity index (χ1v) is 5.38. The largest absolute Gasteiger partial charge is 0.469 e. The number of nitrogens with zero attached hydrogens (tertiary/aromatic N) is 1. The summed E-state index contributed by atoms with van der Waals surface area (Å²) < 4.78 is 218. The van der Waals surface area contributed by atoms with E-state index in [1.807, 2.05) is 0 Å². The van der Waals surface area contributed by atoms with Crippen LogP contribution in [0.15, 0.2) is 0 Å². The van der Waals surface area contributed by atoms with E-state index in [-0.39, 0.29) is 0 Å². The van der Waals surface area contributed by atoms with Gasteiger partial charge in [-0.25, -0.2) is 0 Å². The Morgan fingerprint density at radius 1 is 0.423 bits per heavy atom. The second-order valence-electron chi connectivity index (χ2n) is 4.75. The molecule has 0 aliphatic carbocycles. The van der Waals surface area contributed by atoms with Crippen LogP contribution in [0.2, 0.25) is 0 Å². The van der Waals surface area contributed by atoms with Crippen molar-refractivity contribution in [3.8, 4) is 0 Å². The number of hydrogen-bond donors (Lipinski definition) is 0. The van der Waals surface area contributed by atoms with Crippen LogP contribution >= 0.6 is 0 Å². The summed E-state index contributed by atoms with van der Waals surface area (Å²) >= 11 is 0. The van der Waals surface area contributed by atoms with Gasteiger partial charge in [0, 0.05) is 0 Å². The van der Waals surface area contributed by atoms with E-state index < -0.39 is 52.9 Å². The Labute approximate surface area is 129 Å². The second-order valence-corrected chi connectivity index (χ2v) is 4.75. The molecule has 0 spiro atoms. The van der Waals surface area contributed by atoms with E-state index in [2.05, 4.69) is 0 Å². The monoisotopic (exact) mass is 433 g/mol.